The largest absolute Gasteiger partial charge is 0.465 e. The quantitative estimate of drug-likeness (QED) is 0.571. The van der Waals surface area contributed by atoms with Crippen LogP contribution in [0.2, 0.25) is 0 Å². The molecule has 2 aromatic carbocycles. The van der Waals surface area contributed by atoms with Crippen molar-refractivity contribution in [1.29, 1.82) is 0 Å². The van der Waals surface area contributed by atoms with E-state index in [1.807, 2.05) is 6.92 Å². The van der Waals surface area contributed by atoms with Crippen LogP contribution < -0.4 is 5.32 Å². The van der Waals surface area contributed by atoms with Crippen LogP contribution in [-0.2, 0) is 16.1 Å². The molecule has 6 heteroatoms. The molecular formula is C29H31FN2O3. The monoisotopic (exact) mass is 474 g/mol. The number of nitrogens with one attached hydrogen (secondary N) is 1. The van der Waals surface area contributed by atoms with E-state index in [1.54, 1.807) is 24.3 Å². The number of carbonyl (C=O) groups is 2. The molecule has 1 unspecified atom stereocenters. The van der Waals surface area contributed by atoms with Gasteiger partial charge in [0.2, 0.25) is 0 Å². The Bertz CT molecular complexity index is 1210. The molecule has 1 amide bonds. The predicted octanol–water partition coefficient (Wildman–Crippen LogP) is 5.38. The number of hydrogen-bond donors (Lipinski definition) is 1. The van der Waals surface area contributed by atoms with Crippen molar-refractivity contribution in [3.8, 4) is 0 Å². The van der Waals surface area contributed by atoms with E-state index in [0.29, 0.717) is 24.1 Å². The van der Waals surface area contributed by atoms with Gasteiger partial charge in [0.05, 0.1) is 24.3 Å². The summed E-state index contributed by atoms with van der Waals surface area (Å²) in [6.07, 6.45) is 3.96. The number of ether oxygens (including phenoxy) is 1. The number of hydrogen-bond acceptors (Lipinski definition) is 4. The van der Waals surface area contributed by atoms with E-state index < -0.39 is 5.97 Å². The molecule has 1 saturated carbocycles. The second kappa shape index (κ2) is 8.99. The zero-order chi connectivity index (χ0) is 24.7. The first-order valence-corrected chi connectivity index (χ1v) is 12.2. The fourth-order valence-corrected chi connectivity index (χ4v) is 5.53. The number of nitrogens with zero attached hydrogens (tertiary/aromatic N) is 1. The Labute approximate surface area is 205 Å². The molecule has 1 saturated heterocycles. The first-order valence-electron chi connectivity index (χ1n) is 12.2. The van der Waals surface area contributed by atoms with Crippen LogP contribution in [0.4, 0.5) is 4.39 Å². The van der Waals surface area contributed by atoms with Gasteiger partial charge in [0.25, 0.3) is 5.91 Å². The molecule has 182 valence electrons. The van der Waals surface area contributed by atoms with Gasteiger partial charge in [-0.1, -0.05) is 42.0 Å². The smallest absolute Gasteiger partial charge is 0.337 e. The van der Waals surface area contributed by atoms with E-state index in [9.17, 15) is 14.0 Å². The first-order chi connectivity index (χ1) is 16.8. The highest BCUT2D eigenvalue weighted by molar-refractivity contribution is 5.98. The van der Waals surface area contributed by atoms with E-state index in [0.717, 1.165) is 30.6 Å². The number of amides is 1. The summed E-state index contributed by atoms with van der Waals surface area (Å²) in [7, 11) is 1.34. The number of esters is 1. The van der Waals surface area contributed by atoms with Gasteiger partial charge >= 0.3 is 5.97 Å². The SMILES string of the molecule is COC(=O)c1ccc([C@H](C)NC(=O)C2=C3C(CC(F)=C2)C2(CC2)CN3Cc2ccc(C)cc2)cc1. The Morgan fingerprint density at radius 3 is 2.46 bits per heavy atom. The Morgan fingerprint density at radius 2 is 1.83 bits per heavy atom. The second-order valence-corrected chi connectivity index (χ2v) is 10.2. The van der Waals surface area contributed by atoms with Gasteiger partial charge in [0.1, 0.15) is 5.83 Å². The van der Waals surface area contributed by atoms with Crippen molar-refractivity contribution in [2.24, 2.45) is 11.3 Å². The molecule has 2 fully saturated rings. The normalized spacial score (nSPS) is 20.9. The van der Waals surface area contributed by atoms with Gasteiger partial charge in [-0.3, -0.25) is 4.79 Å². The van der Waals surface area contributed by atoms with Crippen LogP contribution in [0.1, 0.15) is 59.3 Å². The number of fused-ring (bicyclic) bond motifs is 2. The number of halogens is 1. The topological polar surface area (TPSA) is 58.6 Å². The van der Waals surface area contributed by atoms with Crippen LogP contribution >= 0.6 is 0 Å². The van der Waals surface area contributed by atoms with E-state index in [4.69, 9.17) is 4.74 Å². The van der Waals surface area contributed by atoms with Crippen molar-refractivity contribution in [3.63, 3.8) is 0 Å². The number of carbonyl (C=O) groups excluding carboxylic acids is 2. The highest BCUT2D eigenvalue weighted by atomic mass is 19.1. The highest BCUT2D eigenvalue weighted by Gasteiger charge is 2.58. The molecule has 3 aliphatic rings. The number of allylic oxidation sites excluding steroid dienone is 2. The first kappa shape index (κ1) is 23.3. The molecule has 0 bridgehead atoms. The maximum atomic E-state index is 14.8. The summed E-state index contributed by atoms with van der Waals surface area (Å²) in [4.78, 5) is 27.5. The summed E-state index contributed by atoms with van der Waals surface area (Å²) in [6, 6.07) is 15.1. The Kier molecular flexibility index (Phi) is 5.99. The summed E-state index contributed by atoms with van der Waals surface area (Å²) >= 11 is 0. The summed E-state index contributed by atoms with van der Waals surface area (Å²) in [6.45, 7) is 5.53. The van der Waals surface area contributed by atoms with Crippen molar-refractivity contribution in [3.05, 3.63) is 94.0 Å². The zero-order valence-electron chi connectivity index (χ0n) is 20.4. The summed E-state index contributed by atoms with van der Waals surface area (Å²) < 4.78 is 19.5. The maximum absolute atomic E-state index is 14.8. The zero-order valence-corrected chi connectivity index (χ0v) is 20.4. The van der Waals surface area contributed by atoms with Crippen molar-refractivity contribution in [1.82, 2.24) is 10.2 Å². The third kappa shape index (κ3) is 4.49. The Hall–Kier alpha value is -3.41. The molecule has 5 rings (SSSR count). The van der Waals surface area contributed by atoms with Crippen molar-refractivity contribution < 1.29 is 18.7 Å². The number of aryl methyl sites for hydroxylation is 1. The summed E-state index contributed by atoms with van der Waals surface area (Å²) in [5, 5.41) is 3.05. The fourth-order valence-electron chi connectivity index (χ4n) is 5.53. The molecule has 1 N–H and O–H groups in total. The van der Waals surface area contributed by atoms with E-state index in [1.165, 1.54) is 24.3 Å². The van der Waals surface area contributed by atoms with E-state index >= 15 is 0 Å². The lowest BCUT2D eigenvalue weighted by molar-refractivity contribution is -0.118. The minimum Gasteiger partial charge on any atom is -0.465 e. The average molecular weight is 475 g/mol. The molecule has 0 aromatic heterocycles. The van der Waals surface area contributed by atoms with Crippen LogP contribution in [-0.4, -0.2) is 30.4 Å². The van der Waals surface area contributed by atoms with Gasteiger partial charge < -0.3 is 15.0 Å². The molecule has 35 heavy (non-hydrogen) atoms. The minimum absolute atomic E-state index is 0.0494. The molecule has 0 radical (unpaired) electrons. The van der Waals surface area contributed by atoms with Crippen molar-refractivity contribution in [2.75, 3.05) is 13.7 Å². The van der Waals surface area contributed by atoms with Crippen molar-refractivity contribution in [2.45, 2.75) is 45.7 Å². The van der Waals surface area contributed by atoms with Gasteiger partial charge in [0.15, 0.2) is 0 Å². The van der Waals surface area contributed by atoms with Gasteiger partial charge in [-0.05, 0) is 61.4 Å². The highest BCUT2D eigenvalue weighted by Crippen LogP contribution is 2.63. The van der Waals surface area contributed by atoms with Gasteiger partial charge in [-0.15, -0.1) is 0 Å². The standard InChI is InChI=1S/C29H31FN2O3/c1-18-4-6-20(7-5-18)16-32-17-29(12-13-29)25-15-23(30)14-24(26(25)32)27(33)31-19(2)21-8-10-22(11-9-21)28(34)35-3/h4-11,14,19,25H,12-13,15-17H2,1-3H3,(H,31,33)/t19-,25?/m0/s1. The van der Waals surface area contributed by atoms with Crippen LogP contribution in [0, 0.1) is 18.3 Å². The third-order valence-corrected chi connectivity index (χ3v) is 7.70. The molecule has 5 nitrogen and oxygen atoms in total. The van der Waals surface area contributed by atoms with Crippen LogP contribution in [0.3, 0.4) is 0 Å². The second-order valence-electron chi connectivity index (χ2n) is 10.2. The molecule has 2 aliphatic carbocycles. The van der Waals surface area contributed by atoms with Crippen molar-refractivity contribution >= 4 is 11.9 Å². The fraction of sp³-hybridized carbons (Fsp3) is 0.379. The van der Waals surface area contributed by atoms with Crippen LogP contribution in [0.15, 0.2) is 71.7 Å². The third-order valence-electron chi connectivity index (χ3n) is 7.70. The van der Waals surface area contributed by atoms with Crippen LogP contribution in [0.5, 0.6) is 0 Å². The Morgan fingerprint density at radius 1 is 1.14 bits per heavy atom. The molecule has 2 atom stereocenters. The average Bonchev–Trinajstić information content (AvgIpc) is 3.58. The summed E-state index contributed by atoms with van der Waals surface area (Å²) in [5.41, 5.74) is 5.22. The molecule has 2 aromatic rings. The van der Waals surface area contributed by atoms with E-state index in [-0.39, 0.29) is 29.1 Å². The lowest BCUT2D eigenvalue weighted by atomic mass is 9.82. The number of rotatable bonds is 6. The lowest BCUT2D eigenvalue weighted by Crippen LogP contribution is -2.32. The van der Waals surface area contributed by atoms with Gasteiger partial charge in [-0.25, -0.2) is 9.18 Å². The lowest BCUT2D eigenvalue weighted by Gasteiger charge is -2.28. The summed E-state index contributed by atoms with van der Waals surface area (Å²) in [5.74, 6) is -0.843. The molecule has 1 spiro atoms. The van der Waals surface area contributed by atoms with Crippen LogP contribution in [0.25, 0.3) is 0 Å². The van der Waals surface area contributed by atoms with Gasteiger partial charge in [0, 0.05) is 31.1 Å². The number of likely N-dealkylation sites (tertiary alicyclic amines) is 1. The van der Waals surface area contributed by atoms with Gasteiger partial charge in [-0.2, -0.15) is 0 Å². The Balaban J connectivity index is 1.41. The van der Waals surface area contributed by atoms with E-state index in [2.05, 4.69) is 41.4 Å². The molecule has 1 heterocycles. The molecule has 1 aliphatic heterocycles. The number of benzene rings is 2. The predicted molar refractivity (Wildman–Crippen MR) is 132 cm³/mol. The maximum Gasteiger partial charge on any atom is 0.337 e. The molecular weight excluding hydrogens is 443 g/mol. The minimum atomic E-state index is -0.405. The number of methoxy groups -OCH3 is 1.